The smallest absolute Gasteiger partial charge is 0.247 e. The maximum Gasteiger partial charge on any atom is 0.247 e. The van der Waals surface area contributed by atoms with Crippen molar-refractivity contribution in [2.24, 2.45) is 0 Å². The first kappa shape index (κ1) is 21.8. The molecule has 0 spiro atoms. The van der Waals surface area contributed by atoms with E-state index in [-0.39, 0.29) is 17.3 Å². The maximum atomic E-state index is 12.9. The number of carbonyl (C=O) groups is 2. The van der Waals surface area contributed by atoms with Gasteiger partial charge in [0.05, 0.1) is 22.8 Å². The normalized spacial score (nSPS) is 19.3. The molecule has 1 fully saturated rings. The second-order valence-corrected chi connectivity index (χ2v) is 10.4. The number of likely N-dealkylation sites (tertiary alicyclic amines) is 1. The van der Waals surface area contributed by atoms with Gasteiger partial charge < -0.3 is 10.2 Å². The van der Waals surface area contributed by atoms with Crippen molar-refractivity contribution in [3.63, 3.8) is 0 Å². The van der Waals surface area contributed by atoms with Crippen LogP contribution in [0.1, 0.15) is 31.4 Å². The minimum Gasteiger partial charge on any atom is -0.341 e. The summed E-state index contributed by atoms with van der Waals surface area (Å²) in [5.74, 6) is -0.591. The third-order valence-corrected chi connectivity index (χ3v) is 7.97. The van der Waals surface area contributed by atoms with E-state index in [1.165, 1.54) is 23.9 Å². The number of thioether (sulfide) groups is 1. The summed E-state index contributed by atoms with van der Waals surface area (Å²) in [5, 5.41) is 1.87. The molecule has 0 aliphatic carbocycles. The van der Waals surface area contributed by atoms with E-state index in [1.807, 2.05) is 0 Å². The fourth-order valence-electron chi connectivity index (χ4n) is 3.63. The van der Waals surface area contributed by atoms with Gasteiger partial charge in [-0.15, -0.1) is 11.8 Å². The molecule has 8 nitrogen and oxygen atoms in total. The molecule has 0 radical (unpaired) electrons. The summed E-state index contributed by atoms with van der Waals surface area (Å²) in [6, 6.07) is 9.81. The van der Waals surface area contributed by atoms with E-state index >= 15 is 0 Å². The van der Waals surface area contributed by atoms with Crippen LogP contribution in [0.25, 0.3) is 0 Å². The Hall–Kier alpha value is -2.43. The Bertz CT molecular complexity index is 1070. The first-order valence-electron chi connectivity index (χ1n) is 10.2. The van der Waals surface area contributed by atoms with Crippen molar-refractivity contribution in [1.82, 2.24) is 14.6 Å². The summed E-state index contributed by atoms with van der Waals surface area (Å²) in [6.07, 6.45) is 5.70. The van der Waals surface area contributed by atoms with Crippen LogP contribution in [-0.2, 0) is 26.2 Å². The average molecular weight is 461 g/mol. The molecule has 10 heteroatoms. The molecule has 0 bridgehead atoms. The predicted molar refractivity (Wildman–Crippen MR) is 118 cm³/mol. The van der Waals surface area contributed by atoms with Crippen molar-refractivity contribution < 1.29 is 18.0 Å². The van der Waals surface area contributed by atoms with Gasteiger partial charge in [-0.1, -0.05) is 18.9 Å². The summed E-state index contributed by atoms with van der Waals surface area (Å²) in [5.41, 5.74) is 0.999. The lowest BCUT2D eigenvalue weighted by atomic mass is 10.2. The number of anilines is 1. The summed E-state index contributed by atoms with van der Waals surface area (Å²) in [4.78, 5) is 32.1. The van der Waals surface area contributed by atoms with Crippen molar-refractivity contribution in [1.29, 1.82) is 0 Å². The van der Waals surface area contributed by atoms with Gasteiger partial charge in [0, 0.05) is 24.2 Å². The number of aromatic nitrogens is 1. The molecule has 1 unspecified atom stereocenters. The summed E-state index contributed by atoms with van der Waals surface area (Å²) >= 11 is 1.17. The number of hydrogen-bond acceptors (Lipinski definition) is 6. The number of nitrogens with one attached hydrogen (secondary N) is 2. The molecule has 1 saturated heterocycles. The fourth-order valence-corrected chi connectivity index (χ4v) is 5.71. The number of fused-ring (bicyclic) bond motifs is 1. The topological polar surface area (TPSA) is 108 Å². The fraction of sp³-hybridized carbons (Fsp3) is 0.381. The Morgan fingerprint density at radius 1 is 1.16 bits per heavy atom. The number of amides is 2. The molecule has 3 heterocycles. The standard InChI is InChI=1S/C21H24N4O4S2/c26-20-19(21(27)25-11-5-1-2-6-12-25)30-18-9-8-16(13-17(18)24-20)31(28,29)23-14-15-7-3-4-10-22-15/h3-4,7-10,13,19,23H,1-2,5-6,11-12,14H2,(H,24,26). The van der Waals surface area contributed by atoms with Gasteiger partial charge in [-0.05, 0) is 43.2 Å². The molecule has 0 saturated carbocycles. The van der Waals surface area contributed by atoms with Gasteiger partial charge in [-0.25, -0.2) is 13.1 Å². The molecule has 2 aliphatic rings. The second kappa shape index (κ2) is 9.37. The molecule has 2 amide bonds. The summed E-state index contributed by atoms with van der Waals surface area (Å²) < 4.78 is 27.8. The van der Waals surface area contributed by atoms with Crippen molar-refractivity contribution in [2.75, 3.05) is 18.4 Å². The van der Waals surface area contributed by atoms with Gasteiger partial charge in [-0.3, -0.25) is 14.6 Å². The zero-order valence-corrected chi connectivity index (χ0v) is 18.5. The van der Waals surface area contributed by atoms with Gasteiger partial charge in [0.15, 0.2) is 5.25 Å². The van der Waals surface area contributed by atoms with Gasteiger partial charge in [0.2, 0.25) is 21.8 Å². The van der Waals surface area contributed by atoms with Crippen LogP contribution in [0, 0.1) is 0 Å². The lowest BCUT2D eigenvalue weighted by Gasteiger charge is -2.28. The molecule has 4 rings (SSSR count). The SMILES string of the molecule is O=C1Nc2cc(S(=O)(=O)NCc3ccccn3)ccc2SC1C(=O)N1CCCCCC1. The summed E-state index contributed by atoms with van der Waals surface area (Å²) in [7, 11) is -3.79. The van der Waals surface area contributed by atoms with Crippen molar-refractivity contribution in [3.8, 4) is 0 Å². The number of sulfonamides is 1. The third-order valence-electron chi connectivity index (χ3n) is 5.31. The number of hydrogen-bond donors (Lipinski definition) is 2. The number of benzene rings is 1. The van der Waals surface area contributed by atoms with Crippen LogP contribution in [0.2, 0.25) is 0 Å². The Labute approximate surface area is 185 Å². The molecular weight excluding hydrogens is 436 g/mol. The molecular formula is C21H24N4O4S2. The van der Waals surface area contributed by atoms with E-state index in [9.17, 15) is 18.0 Å². The molecule has 2 aliphatic heterocycles. The van der Waals surface area contributed by atoms with E-state index < -0.39 is 21.2 Å². The van der Waals surface area contributed by atoms with E-state index in [0.717, 1.165) is 25.7 Å². The lowest BCUT2D eigenvalue weighted by molar-refractivity contribution is -0.133. The highest BCUT2D eigenvalue weighted by molar-refractivity contribution is 8.01. The average Bonchev–Trinajstić information content (AvgIpc) is 3.07. The monoisotopic (exact) mass is 460 g/mol. The molecule has 1 atom stereocenters. The van der Waals surface area contributed by atoms with E-state index in [0.29, 0.717) is 29.4 Å². The largest absolute Gasteiger partial charge is 0.341 e. The molecule has 2 N–H and O–H groups in total. The van der Waals surface area contributed by atoms with E-state index in [1.54, 1.807) is 35.4 Å². The summed E-state index contributed by atoms with van der Waals surface area (Å²) in [6.45, 7) is 1.41. The first-order valence-corrected chi connectivity index (χ1v) is 12.6. The predicted octanol–water partition coefficient (Wildman–Crippen LogP) is 2.38. The highest BCUT2D eigenvalue weighted by Gasteiger charge is 2.36. The lowest BCUT2D eigenvalue weighted by Crippen LogP contribution is -2.45. The molecule has 1 aromatic heterocycles. The van der Waals surface area contributed by atoms with Crippen LogP contribution < -0.4 is 10.0 Å². The van der Waals surface area contributed by atoms with Gasteiger partial charge in [-0.2, -0.15) is 0 Å². The van der Waals surface area contributed by atoms with Crippen molar-refractivity contribution in [3.05, 3.63) is 48.3 Å². The van der Waals surface area contributed by atoms with Crippen LogP contribution in [0.15, 0.2) is 52.4 Å². The van der Waals surface area contributed by atoms with Gasteiger partial charge in [0.25, 0.3) is 0 Å². The van der Waals surface area contributed by atoms with E-state index in [2.05, 4.69) is 15.0 Å². The van der Waals surface area contributed by atoms with E-state index in [4.69, 9.17) is 0 Å². The molecule has 31 heavy (non-hydrogen) atoms. The zero-order chi connectivity index (χ0) is 21.8. The molecule has 1 aromatic carbocycles. The van der Waals surface area contributed by atoms with Crippen molar-refractivity contribution >= 4 is 39.3 Å². The Balaban J connectivity index is 1.48. The maximum absolute atomic E-state index is 12.9. The van der Waals surface area contributed by atoms with Crippen molar-refractivity contribution in [2.45, 2.75) is 47.3 Å². The molecule has 2 aromatic rings. The highest BCUT2D eigenvalue weighted by atomic mass is 32.2. The molecule has 164 valence electrons. The van der Waals surface area contributed by atoms with Gasteiger partial charge >= 0.3 is 0 Å². The first-order chi connectivity index (χ1) is 14.9. The minimum absolute atomic E-state index is 0.0420. The quantitative estimate of drug-likeness (QED) is 0.663. The van der Waals surface area contributed by atoms with Crippen LogP contribution in [-0.4, -0.2) is 48.5 Å². The Morgan fingerprint density at radius 2 is 1.94 bits per heavy atom. The van der Waals surface area contributed by atoms with Crippen LogP contribution in [0.3, 0.4) is 0 Å². The highest BCUT2D eigenvalue weighted by Crippen LogP contribution is 2.38. The third kappa shape index (κ3) is 5.08. The van der Waals surface area contributed by atoms with Gasteiger partial charge in [0.1, 0.15) is 0 Å². The number of nitrogens with zero attached hydrogens (tertiary/aromatic N) is 2. The Morgan fingerprint density at radius 3 is 2.65 bits per heavy atom. The number of pyridine rings is 1. The minimum atomic E-state index is -3.79. The Kier molecular flexibility index (Phi) is 6.59. The zero-order valence-electron chi connectivity index (χ0n) is 16.9. The second-order valence-electron chi connectivity index (χ2n) is 7.53. The van der Waals surface area contributed by atoms with Crippen LogP contribution in [0.5, 0.6) is 0 Å². The van der Waals surface area contributed by atoms with Crippen LogP contribution in [0.4, 0.5) is 5.69 Å². The number of carbonyl (C=O) groups excluding carboxylic acids is 2. The van der Waals surface area contributed by atoms with Crippen LogP contribution >= 0.6 is 11.8 Å². The number of rotatable bonds is 5.